The lowest BCUT2D eigenvalue weighted by Crippen LogP contribution is -2.59. The smallest absolute Gasteiger partial charge is 0.419 e. The van der Waals surface area contributed by atoms with E-state index in [9.17, 15) is 14.4 Å². The van der Waals surface area contributed by atoms with Crippen molar-refractivity contribution >= 4 is 18.0 Å². The van der Waals surface area contributed by atoms with Gasteiger partial charge in [-0.2, -0.15) is 0 Å². The van der Waals surface area contributed by atoms with Crippen LogP contribution in [0.1, 0.15) is 0 Å². The van der Waals surface area contributed by atoms with Gasteiger partial charge < -0.3 is 15.2 Å². The number of rotatable bonds is 1. The molecule has 0 radical (unpaired) electrons. The fraction of sp³-hybridized carbons (Fsp3) is 0.571. The SMILES string of the molecule is O=C(O)C1CNCC2C(=O)OC(=O)N12. The number of hydrogen-bond donors (Lipinski definition) is 2. The minimum absolute atomic E-state index is 0.133. The molecule has 2 saturated heterocycles. The van der Waals surface area contributed by atoms with Crippen molar-refractivity contribution in [2.45, 2.75) is 12.1 Å². The van der Waals surface area contributed by atoms with Crippen LogP contribution in [-0.2, 0) is 14.3 Å². The molecule has 2 aliphatic rings. The van der Waals surface area contributed by atoms with E-state index in [4.69, 9.17) is 5.11 Å². The topological polar surface area (TPSA) is 95.9 Å². The number of ether oxygens (including phenoxy) is 1. The molecule has 2 rings (SSSR count). The van der Waals surface area contributed by atoms with Crippen LogP contribution in [-0.4, -0.2) is 53.2 Å². The average molecular weight is 200 g/mol. The Hall–Kier alpha value is -1.63. The van der Waals surface area contributed by atoms with Gasteiger partial charge in [0.1, 0.15) is 12.1 Å². The maximum atomic E-state index is 11.1. The zero-order valence-corrected chi connectivity index (χ0v) is 7.10. The van der Waals surface area contributed by atoms with Crippen molar-refractivity contribution in [3.63, 3.8) is 0 Å². The minimum Gasteiger partial charge on any atom is -0.480 e. The molecule has 2 unspecified atom stereocenters. The summed E-state index contributed by atoms with van der Waals surface area (Å²) < 4.78 is 4.33. The third kappa shape index (κ3) is 1.13. The summed E-state index contributed by atoms with van der Waals surface area (Å²) in [6.45, 7) is 0.378. The summed E-state index contributed by atoms with van der Waals surface area (Å²) in [4.78, 5) is 33.9. The summed E-state index contributed by atoms with van der Waals surface area (Å²) in [7, 11) is 0. The number of nitrogens with one attached hydrogen (secondary N) is 1. The molecule has 7 nitrogen and oxygen atoms in total. The number of nitrogens with zero attached hydrogens (tertiary/aromatic N) is 1. The van der Waals surface area contributed by atoms with Gasteiger partial charge in [-0.15, -0.1) is 0 Å². The summed E-state index contributed by atoms with van der Waals surface area (Å²) >= 11 is 0. The van der Waals surface area contributed by atoms with Crippen molar-refractivity contribution in [2.75, 3.05) is 13.1 Å². The number of fused-ring (bicyclic) bond motifs is 1. The zero-order valence-electron chi connectivity index (χ0n) is 7.10. The fourth-order valence-corrected chi connectivity index (χ4v) is 1.64. The fourth-order valence-electron chi connectivity index (χ4n) is 1.64. The lowest BCUT2D eigenvalue weighted by Gasteiger charge is -2.31. The molecule has 0 aromatic heterocycles. The molecular weight excluding hydrogens is 192 g/mol. The highest BCUT2D eigenvalue weighted by molar-refractivity contribution is 5.98. The van der Waals surface area contributed by atoms with Gasteiger partial charge in [0.15, 0.2) is 0 Å². The summed E-state index contributed by atoms with van der Waals surface area (Å²) in [6.07, 6.45) is -0.867. The first-order chi connectivity index (χ1) is 6.61. The van der Waals surface area contributed by atoms with Gasteiger partial charge in [-0.1, -0.05) is 0 Å². The lowest BCUT2D eigenvalue weighted by molar-refractivity contribution is -0.143. The second kappa shape index (κ2) is 2.95. The number of cyclic esters (lactones) is 2. The number of carbonyl (C=O) groups is 3. The van der Waals surface area contributed by atoms with Crippen LogP contribution in [0.3, 0.4) is 0 Å². The molecule has 0 aromatic carbocycles. The van der Waals surface area contributed by atoms with Crippen molar-refractivity contribution in [3.8, 4) is 0 Å². The van der Waals surface area contributed by atoms with Crippen LogP contribution < -0.4 is 5.32 Å². The molecule has 76 valence electrons. The summed E-state index contributed by atoms with van der Waals surface area (Å²) in [5.41, 5.74) is 0. The Kier molecular flexibility index (Phi) is 1.88. The highest BCUT2D eigenvalue weighted by Crippen LogP contribution is 2.19. The van der Waals surface area contributed by atoms with E-state index in [1.807, 2.05) is 0 Å². The van der Waals surface area contributed by atoms with Crippen LogP contribution in [0.25, 0.3) is 0 Å². The second-order valence-electron chi connectivity index (χ2n) is 3.12. The van der Waals surface area contributed by atoms with Gasteiger partial charge in [0.2, 0.25) is 0 Å². The Morgan fingerprint density at radius 2 is 2.21 bits per heavy atom. The first-order valence-corrected chi connectivity index (χ1v) is 4.09. The van der Waals surface area contributed by atoms with Crippen LogP contribution in [0, 0.1) is 0 Å². The van der Waals surface area contributed by atoms with E-state index in [2.05, 4.69) is 10.1 Å². The molecule has 2 heterocycles. The van der Waals surface area contributed by atoms with Gasteiger partial charge in [-0.05, 0) is 0 Å². The Morgan fingerprint density at radius 1 is 1.50 bits per heavy atom. The zero-order chi connectivity index (χ0) is 10.3. The molecule has 2 aliphatic heterocycles. The third-order valence-electron chi connectivity index (χ3n) is 2.30. The maximum absolute atomic E-state index is 11.1. The number of carboxylic acids is 1. The quantitative estimate of drug-likeness (QED) is 0.390. The van der Waals surface area contributed by atoms with Gasteiger partial charge in [0, 0.05) is 13.1 Å². The highest BCUT2D eigenvalue weighted by Gasteiger charge is 2.49. The van der Waals surface area contributed by atoms with Gasteiger partial charge in [-0.3, -0.25) is 4.90 Å². The predicted molar refractivity (Wildman–Crippen MR) is 41.4 cm³/mol. The molecule has 0 aliphatic carbocycles. The van der Waals surface area contributed by atoms with Gasteiger partial charge in [0.25, 0.3) is 0 Å². The van der Waals surface area contributed by atoms with E-state index in [-0.39, 0.29) is 13.1 Å². The summed E-state index contributed by atoms with van der Waals surface area (Å²) in [6, 6.07) is -1.81. The van der Waals surface area contributed by atoms with Gasteiger partial charge in [-0.25, -0.2) is 14.4 Å². The molecule has 0 saturated carbocycles. The van der Waals surface area contributed by atoms with Gasteiger partial charge in [0.05, 0.1) is 0 Å². The molecule has 14 heavy (non-hydrogen) atoms. The Labute approximate surface area is 78.6 Å². The number of piperazine rings is 1. The second-order valence-corrected chi connectivity index (χ2v) is 3.12. The number of amides is 1. The molecule has 1 amide bonds. The number of carbonyl (C=O) groups excluding carboxylic acids is 2. The van der Waals surface area contributed by atoms with E-state index >= 15 is 0 Å². The molecule has 0 bridgehead atoms. The van der Waals surface area contributed by atoms with Gasteiger partial charge >= 0.3 is 18.0 Å². The molecular formula is C7H8N2O5. The van der Waals surface area contributed by atoms with Crippen molar-refractivity contribution in [1.82, 2.24) is 10.2 Å². The first-order valence-electron chi connectivity index (χ1n) is 4.09. The normalized spacial score (nSPS) is 31.3. The lowest BCUT2D eigenvalue weighted by atomic mass is 10.1. The van der Waals surface area contributed by atoms with Crippen LogP contribution in [0.5, 0.6) is 0 Å². The first kappa shape index (κ1) is 8.95. The maximum Gasteiger partial charge on any atom is 0.419 e. The van der Waals surface area contributed by atoms with Crippen molar-refractivity contribution in [3.05, 3.63) is 0 Å². The standard InChI is InChI=1S/C7H8N2O5/c10-5(11)3-1-8-2-4-6(12)14-7(13)9(3)4/h3-4,8H,1-2H2,(H,10,11). The largest absolute Gasteiger partial charge is 0.480 e. The predicted octanol–water partition coefficient (Wildman–Crippen LogP) is -1.61. The Morgan fingerprint density at radius 3 is 2.86 bits per heavy atom. The van der Waals surface area contributed by atoms with E-state index in [1.165, 1.54) is 0 Å². The third-order valence-corrected chi connectivity index (χ3v) is 2.30. The van der Waals surface area contributed by atoms with Crippen LogP contribution in [0.2, 0.25) is 0 Å². The average Bonchev–Trinajstić information content (AvgIpc) is 2.43. The number of carboxylic acid groups (broad SMARTS) is 1. The van der Waals surface area contributed by atoms with Crippen LogP contribution in [0.4, 0.5) is 4.79 Å². The number of esters is 1. The highest BCUT2D eigenvalue weighted by atomic mass is 16.6. The van der Waals surface area contributed by atoms with Crippen molar-refractivity contribution < 1.29 is 24.2 Å². The molecule has 7 heteroatoms. The van der Waals surface area contributed by atoms with Crippen molar-refractivity contribution in [1.29, 1.82) is 0 Å². The number of hydrogen-bond acceptors (Lipinski definition) is 5. The molecule has 2 fully saturated rings. The minimum atomic E-state index is -1.14. The van der Waals surface area contributed by atoms with Crippen LogP contribution in [0.15, 0.2) is 0 Å². The van der Waals surface area contributed by atoms with Crippen molar-refractivity contribution in [2.24, 2.45) is 0 Å². The van der Waals surface area contributed by atoms with Crippen LogP contribution >= 0.6 is 0 Å². The Balaban J connectivity index is 2.27. The molecule has 0 aromatic rings. The summed E-state index contributed by atoms with van der Waals surface area (Å²) in [5.74, 6) is -1.83. The van der Waals surface area contributed by atoms with E-state index in [1.54, 1.807) is 0 Å². The van der Waals surface area contributed by atoms with E-state index < -0.39 is 30.1 Å². The van der Waals surface area contributed by atoms with E-state index in [0.717, 1.165) is 4.90 Å². The Bertz CT molecular complexity index is 315. The molecule has 2 N–H and O–H groups in total. The monoisotopic (exact) mass is 200 g/mol. The molecule has 0 spiro atoms. The summed E-state index contributed by atoms with van der Waals surface area (Å²) in [5, 5.41) is 11.6. The number of aliphatic carboxylic acids is 1. The van der Waals surface area contributed by atoms with E-state index in [0.29, 0.717) is 0 Å². The molecule has 2 atom stereocenters.